The lowest BCUT2D eigenvalue weighted by Gasteiger charge is -2.12. The van der Waals surface area contributed by atoms with Gasteiger partial charge in [0.1, 0.15) is 5.82 Å². The summed E-state index contributed by atoms with van der Waals surface area (Å²) >= 11 is 0. The molecule has 1 aromatic rings. The zero-order valence-electron chi connectivity index (χ0n) is 9.54. The zero-order chi connectivity index (χ0) is 13.6. The van der Waals surface area contributed by atoms with Crippen molar-refractivity contribution in [1.29, 1.82) is 0 Å². The number of nitrogens with one attached hydrogen (secondary N) is 1. The fourth-order valence-corrected chi connectivity index (χ4v) is 2.26. The van der Waals surface area contributed by atoms with E-state index in [1.54, 1.807) is 0 Å². The van der Waals surface area contributed by atoms with Crippen LogP contribution in [0.15, 0.2) is 23.1 Å². The molecule has 98 valence electrons. The average Bonchev–Trinajstić information content (AvgIpc) is 2.94. The van der Waals surface area contributed by atoms with Gasteiger partial charge in [-0.1, -0.05) is 0 Å². The smallest absolute Gasteiger partial charge is 0.261 e. The van der Waals surface area contributed by atoms with E-state index in [-0.39, 0.29) is 16.0 Å². The van der Waals surface area contributed by atoms with Gasteiger partial charge < -0.3 is 5.32 Å². The molecule has 0 aromatic heterocycles. The van der Waals surface area contributed by atoms with E-state index in [9.17, 15) is 17.6 Å². The molecule has 18 heavy (non-hydrogen) atoms. The van der Waals surface area contributed by atoms with Crippen LogP contribution < -0.4 is 5.32 Å². The standard InChI is InChI=1S/C11H11ClFNO3S/c1-11(4-5-11)14-10(15)8-6-7(18(12,16)17)2-3-9(8)13/h2-3,6H,4-5H2,1H3,(H,14,15). The summed E-state index contributed by atoms with van der Waals surface area (Å²) in [6.07, 6.45) is 1.65. The fourth-order valence-electron chi connectivity index (χ4n) is 1.48. The molecule has 0 atom stereocenters. The van der Waals surface area contributed by atoms with Crippen LogP contribution in [0.3, 0.4) is 0 Å². The van der Waals surface area contributed by atoms with Crippen molar-refractivity contribution in [2.45, 2.75) is 30.2 Å². The number of carbonyl (C=O) groups is 1. The highest BCUT2D eigenvalue weighted by Crippen LogP contribution is 2.34. The summed E-state index contributed by atoms with van der Waals surface area (Å²) in [6, 6.07) is 2.88. The van der Waals surface area contributed by atoms with Gasteiger partial charge in [-0.15, -0.1) is 0 Å². The number of benzene rings is 1. The van der Waals surface area contributed by atoms with Gasteiger partial charge in [0.15, 0.2) is 0 Å². The predicted molar refractivity (Wildman–Crippen MR) is 64.5 cm³/mol. The maximum atomic E-state index is 13.5. The third-order valence-electron chi connectivity index (χ3n) is 2.88. The van der Waals surface area contributed by atoms with Gasteiger partial charge in [0, 0.05) is 16.2 Å². The van der Waals surface area contributed by atoms with Crippen molar-refractivity contribution in [3.63, 3.8) is 0 Å². The third kappa shape index (κ3) is 2.81. The Morgan fingerprint density at radius 1 is 1.44 bits per heavy atom. The van der Waals surface area contributed by atoms with Crippen LogP contribution in [-0.4, -0.2) is 19.9 Å². The van der Waals surface area contributed by atoms with Crippen LogP contribution in [0.4, 0.5) is 4.39 Å². The molecule has 0 unspecified atom stereocenters. The Balaban J connectivity index is 2.34. The van der Waals surface area contributed by atoms with Crippen molar-refractivity contribution >= 4 is 25.6 Å². The Labute approximate surface area is 109 Å². The second-order valence-corrected chi connectivity index (χ2v) is 7.16. The molecular weight excluding hydrogens is 281 g/mol. The van der Waals surface area contributed by atoms with Crippen LogP contribution in [0.5, 0.6) is 0 Å². The largest absolute Gasteiger partial charge is 0.347 e. The molecule has 1 aliphatic rings. The molecule has 0 radical (unpaired) electrons. The topological polar surface area (TPSA) is 63.2 Å². The van der Waals surface area contributed by atoms with Crippen molar-refractivity contribution in [3.05, 3.63) is 29.6 Å². The molecule has 1 saturated carbocycles. The van der Waals surface area contributed by atoms with Gasteiger partial charge in [0.25, 0.3) is 15.0 Å². The van der Waals surface area contributed by atoms with Crippen LogP contribution in [0, 0.1) is 5.82 Å². The third-order valence-corrected chi connectivity index (χ3v) is 4.23. The number of carbonyl (C=O) groups excluding carboxylic acids is 1. The SMILES string of the molecule is CC1(NC(=O)c2cc(S(=O)(=O)Cl)ccc2F)CC1. The Morgan fingerprint density at radius 2 is 2.06 bits per heavy atom. The van der Waals surface area contributed by atoms with Gasteiger partial charge in [-0.2, -0.15) is 0 Å². The van der Waals surface area contributed by atoms with Crippen molar-refractivity contribution in [3.8, 4) is 0 Å². The molecule has 0 bridgehead atoms. The summed E-state index contributed by atoms with van der Waals surface area (Å²) in [7, 11) is 1.17. The maximum Gasteiger partial charge on any atom is 0.261 e. The molecule has 4 nitrogen and oxygen atoms in total. The lowest BCUT2D eigenvalue weighted by Crippen LogP contribution is -2.34. The van der Waals surface area contributed by atoms with E-state index in [1.165, 1.54) is 0 Å². The second kappa shape index (κ2) is 4.20. The summed E-state index contributed by atoms with van der Waals surface area (Å²) in [5, 5.41) is 2.65. The number of amides is 1. The number of halogens is 2. The molecule has 1 aliphatic carbocycles. The quantitative estimate of drug-likeness (QED) is 0.867. The van der Waals surface area contributed by atoms with E-state index in [0.29, 0.717) is 0 Å². The molecule has 0 aliphatic heterocycles. The summed E-state index contributed by atoms with van der Waals surface area (Å²) in [4.78, 5) is 11.5. The second-order valence-electron chi connectivity index (χ2n) is 4.59. The summed E-state index contributed by atoms with van der Waals surface area (Å²) in [6.45, 7) is 1.84. The summed E-state index contributed by atoms with van der Waals surface area (Å²) < 4.78 is 35.8. The van der Waals surface area contributed by atoms with Crippen LogP contribution in [0.25, 0.3) is 0 Å². The first-order valence-corrected chi connectivity index (χ1v) is 7.59. The van der Waals surface area contributed by atoms with E-state index in [4.69, 9.17) is 10.7 Å². The van der Waals surface area contributed by atoms with Gasteiger partial charge in [-0.3, -0.25) is 4.79 Å². The highest BCUT2D eigenvalue weighted by atomic mass is 35.7. The summed E-state index contributed by atoms with van der Waals surface area (Å²) in [5.74, 6) is -1.41. The summed E-state index contributed by atoms with van der Waals surface area (Å²) in [5.41, 5.74) is -0.621. The maximum absolute atomic E-state index is 13.5. The Hall–Kier alpha value is -1.14. The van der Waals surface area contributed by atoms with Crippen LogP contribution >= 0.6 is 10.7 Å². The van der Waals surface area contributed by atoms with Gasteiger partial charge >= 0.3 is 0 Å². The van der Waals surface area contributed by atoms with E-state index < -0.39 is 20.8 Å². The van der Waals surface area contributed by atoms with Crippen molar-refractivity contribution in [2.24, 2.45) is 0 Å². The van der Waals surface area contributed by atoms with Crippen LogP contribution in [0.2, 0.25) is 0 Å². The zero-order valence-corrected chi connectivity index (χ0v) is 11.1. The molecule has 1 N–H and O–H groups in total. The first-order chi connectivity index (χ1) is 8.21. The first kappa shape index (κ1) is 13.3. The fraction of sp³-hybridized carbons (Fsp3) is 0.364. The van der Waals surface area contributed by atoms with Crippen molar-refractivity contribution in [2.75, 3.05) is 0 Å². The predicted octanol–water partition coefficient (Wildman–Crippen LogP) is 2.04. The van der Waals surface area contributed by atoms with E-state index in [1.807, 2.05) is 6.92 Å². The molecule has 0 saturated heterocycles. The molecular formula is C11H11ClFNO3S. The molecule has 1 fully saturated rings. The monoisotopic (exact) mass is 291 g/mol. The molecule has 2 rings (SSSR count). The Kier molecular flexibility index (Phi) is 3.11. The van der Waals surface area contributed by atoms with E-state index >= 15 is 0 Å². The number of hydrogen-bond donors (Lipinski definition) is 1. The van der Waals surface area contributed by atoms with Gasteiger partial charge in [0.2, 0.25) is 0 Å². The molecule has 1 aromatic carbocycles. The number of hydrogen-bond acceptors (Lipinski definition) is 3. The van der Waals surface area contributed by atoms with E-state index in [2.05, 4.69) is 5.32 Å². The normalized spacial score (nSPS) is 17.3. The highest BCUT2D eigenvalue weighted by molar-refractivity contribution is 8.13. The van der Waals surface area contributed by atoms with Crippen molar-refractivity contribution < 1.29 is 17.6 Å². The number of rotatable bonds is 3. The lowest BCUT2D eigenvalue weighted by atomic mass is 10.2. The molecule has 7 heteroatoms. The van der Waals surface area contributed by atoms with Crippen LogP contribution in [0.1, 0.15) is 30.1 Å². The van der Waals surface area contributed by atoms with Gasteiger partial charge in [-0.05, 0) is 38.0 Å². The highest BCUT2D eigenvalue weighted by Gasteiger charge is 2.39. The molecule has 1 amide bonds. The molecule has 0 spiro atoms. The van der Waals surface area contributed by atoms with Crippen molar-refractivity contribution in [1.82, 2.24) is 5.32 Å². The van der Waals surface area contributed by atoms with E-state index in [0.717, 1.165) is 31.0 Å². The van der Waals surface area contributed by atoms with Gasteiger partial charge in [-0.25, -0.2) is 12.8 Å². The molecule has 0 heterocycles. The Bertz CT molecular complexity index is 611. The minimum Gasteiger partial charge on any atom is -0.347 e. The minimum atomic E-state index is -3.98. The minimum absolute atomic E-state index is 0.295. The van der Waals surface area contributed by atoms with Crippen LogP contribution in [-0.2, 0) is 9.05 Å². The average molecular weight is 292 g/mol. The first-order valence-electron chi connectivity index (χ1n) is 5.28. The van der Waals surface area contributed by atoms with Gasteiger partial charge in [0.05, 0.1) is 10.5 Å². The Morgan fingerprint density at radius 3 is 2.56 bits per heavy atom. The lowest BCUT2D eigenvalue weighted by molar-refractivity contribution is 0.0931.